The molecule has 0 amide bonds. The van der Waals surface area contributed by atoms with Crippen molar-refractivity contribution >= 4 is 0 Å². The molecule has 0 fully saturated rings. The van der Waals surface area contributed by atoms with Crippen LogP contribution in [0.5, 0.6) is 0 Å². The zero-order valence-corrected chi connectivity index (χ0v) is 12.3. The molecule has 0 bridgehead atoms. The van der Waals surface area contributed by atoms with Gasteiger partial charge in [-0.25, -0.2) is 9.97 Å². The summed E-state index contributed by atoms with van der Waals surface area (Å²) >= 11 is 0. The summed E-state index contributed by atoms with van der Waals surface area (Å²) in [6, 6.07) is 20.7. The fraction of sp³-hybridized carbons (Fsp3) is 0.158. The van der Waals surface area contributed by atoms with Crippen molar-refractivity contribution in [3.8, 4) is 22.5 Å². The number of aromatic nitrogens is 2. The molecule has 0 aliphatic heterocycles. The molecule has 0 N–H and O–H groups in total. The minimum atomic E-state index is 0.407. The maximum atomic E-state index is 4.67. The van der Waals surface area contributed by atoms with Crippen molar-refractivity contribution in [2.45, 2.75) is 19.8 Å². The van der Waals surface area contributed by atoms with E-state index in [1.807, 2.05) is 18.3 Å². The Balaban J connectivity index is 2.02. The second-order valence-corrected chi connectivity index (χ2v) is 5.41. The summed E-state index contributed by atoms with van der Waals surface area (Å²) in [4.78, 5) is 9.08. The van der Waals surface area contributed by atoms with Crippen molar-refractivity contribution in [3.63, 3.8) is 0 Å². The van der Waals surface area contributed by atoms with Gasteiger partial charge in [-0.2, -0.15) is 0 Å². The van der Waals surface area contributed by atoms with E-state index in [0.29, 0.717) is 5.92 Å². The molecule has 0 aliphatic carbocycles. The molecule has 2 aromatic carbocycles. The Morgan fingerprint density at radius 2 is 1.48 bits per heavy atom. The molecule has 0 saturated heterocycles. The molecule has 0 unspecified atom stereocenters. The third-order valence-electron chi connectivity index (χ3n) is 3.50. The van der Waals surface area contributed by atoms with Crippen LogP contribution in [0, 0.1) is 0 Å². The van der Waals surface area contributed by atoms with E-state index in [1.165, 1.54) is 11.1 Å². The van der Waals surface area contributed by atoms with Gasteiger partial charge in [0.2, 0.25) is 0 Å². The highest BCUT2D eigenvalue weighted by Crippen LogP contribution is 2.25. The summed E-state index contributed by atoms with van der Waals surface area (Å²) in [7, 11) is 0. The Hall–Kier alpha value is -2.48. The first-order valence-electron chi connectivity index (χ1n) is 7.23. The Kier molecular flexibility index (Phi) is 3.78. The van der Waals surface area contributed by atoms with E-state index in [-0.39, 0.29) is 0 Å². The summed E-state index contributed by atoms with van der Waals surface area (Å²) in [6.07, 6.45) is 1.84. The molecule has 2 heteroatoms. The van der Waals surface area contributed by atoms with Gasteiger partial charge < -0.3 is 0 Å². The average Bonchev–Trinajstić information content (AvgIpc) is 2.56. The van der Waals surface area contributed by atoms with Crippen LogP contribution in [0.1, 0.15) is 25.5 Å². The zero-order valence-electron chi connectivity index (χ0n) is 12.3. The average molecular weight is 274 g/mol. The molecule has 0 radical (unpaired) electrons. The Morgan fingerprint density at radius 3 is 2.24 bits per heavy atom. The number of benzene rings is 2. The molecule has 0 saturated carbocycles. The van der Waals surface area contributed by atoms with E-state index >= 15 is 0 Å². The normalized spacial score (nSPS) is 10.8. The first kappa shape index (κ1) is 13.5. The zero-order chi connectivity index (χ0) is 14.7. The van der Waals surface area contributed by atoms with Crippen LogP contribution in [-0.4, -0.2) is 9.97 Å². The maximum Gasteiger partial charge on any atom is 0.159 e. The van der Waals surface area contributed by atoms with Crippen molar-refractivity contribution in [2.75, 3.05) is 0 Å². The fourth-order valence-electron chi connectivity index (χ4n) is 2.30. The van der Waals surface area contributed by atoms with Gasteiger partial charge in [-0.1, -0.05) is 62.4 Å². The largest absolute Gasteiger partial charge is 0.237 e. The lowest BCUT2D eigenvalue weighted by Crippen LogP contribution is -1.96. The van der Waals surface area contributed by atoms with E-state index in [0.717, 1.165) is 17.1 Å². The molecule has 3 rings (SSSR count). The molecule has 1 heterocycles. The van der Waals surface area contributed by atoms with Crippen LogP contribution in [0.2, 0.25) is 0 Å². The lowest BCUT2D eigenvalue weighted by molar-refractivity contribution is 0.817. The number of rotatable bonds is 3. The van der Waals surface area contributed by atoms with Gasteiger partial charge in [-0.15, -0.1) is 0 Å². The second kappa shape index (κ2) is 5.88. The molecular formula is C19H18N2. The van der Waals surface area contributed by atoms with Crippen LogP contribution in [0.3, 0.4) is 0 Å². The van der Waals surface area contributed by atoms with Gasteiger partial charge in [0.1, 0.15) is 0 Å². The number of hydrogen-bond donors (Lipinski definition) is 0. The first-order chi connectivity index (χ1) is 10.2. The first-order valence-corrected chi connectivity index (χ1v) is 7.23. The highest BCUT2D eigenvalue weighted by molar-refractivity contribution is 5.70. The smallest absolute Gasteiger partial charge is 0.159 e. The van der Waals surface area contributed by atoms with Gasteiger partial charge in [0.05, 0.1) is 0 Å². The van der Waals surface area contributed by atoms with Crippen molar-refractivity contribution < 1.29 is 0 Å². The Morgan fingerprint density at radius 1 is 0.762 bits per heavy atom. The third-order valence-corrected chi connectivity index (χ3v) is 3.50. The topological polar surface area (TPSA) is 25.8 Å². The minimum Gasteiger partial charge on any atom is -0.237 e. The molecule has 2 nitrogen and oxygen atoms in total. The molecule has 1 aromatic heterocycles. The van der Waals surface area contributed by atoms with Crippen LogP contribution in [0.25, 0.3) is 22.5 Å². The van der Waals surface area contributed by atoms with Gasteiger partial charge in [0, 0.05) is 17.5 Å². The van der Waals surface area contributed by atoms with Gasteiger partial charge in [0.25, 0.3) is 0 Å². The SMILES string of the molecule is CC(C)c1ccnc(-c2cccc(-c3ccccc3)c2)n1. The van der Waals surface area contributed by atoms with Crippen LogP contribution in [0.4, 0.5) is 0 Å². The fourth-order valence-corrected chi connectivity index (χ4v) is 2.30. The van der Waals surface area contributed by atoms with E-state index in [9.17, 15) is 0 Å². The predicted molar refractivity (Wildman–Crippen MR) is 87.0 cm³/mol. The van der Waals surface area contributed by atoms with E-state index in [1.54, 1.807) is 0 Å². The van der Waals surface area contributed by atoms with Gasteiger partial charge in [-0.3, -0.25) is 0 Å². The second-order valence-electron chi connectivity index (χ2n) is 5.41. The minimum absolute atomic E-state index is 0.407. The number of hydrogen-bond acceptors (Lipinski definition) is 2. The molecule has 104 valence electrons. The predicted octanol–water partition coefficient (Wildman–Crippen LogP) is 4.93. The summed E-state index contributed by atoms with van der Waals surface area (Å²) in [5.41, 5.74) is 4.52. The summed E-state index contributed by atoms with van der Waals surface area (Å²) < 4.78 is 0. The van der Waals surface area contributed by atoms with Gasteiger partial charge in [0.15, 0.2) is 5.82 Å². The van der Waals surface area contributed by atoms with Crippen molar-refractivity contribution in [2.24, 2.45) is 0 Å². The van der Waals surface area contributed by atoms with Crippen molar-refractivity contribution in [3.05, 3.63) is 72.6 Å². The van der Waals surface area contributed by atoms with Crippen LogP contribution in [0.15, 0.2) is 66.9 Å². The van der Waals surface area contributed by atoms with E-state index in [2.05, 4.69) is 72.3 Å². The highest BCUT2D eigenvalue weighted by Gasteiger charge is 2.06. The van der Waals surface area contributed by atoms with Crippen LogP contribution in [-0.2, 0) is 0 Å². The summed E-state index contributed by atoms with van der Waals surface area (Å²) in [5.74, 6) is 1.20. The molecule has 21 heavy (non-hydrogen) atoms. The van der Waals surface area contributed by atoms with E-state index < -0.39 is 0 Å². The quantitative estimate of drug-likeness (QED) is 0.676. The summed E-state index contributed by atoms with van der Waals surface area (Å²) in [5, 5.41) is 0. The van der Waals surface area contributed by atoms with Gasteiger partial charge >= 0.3 is 0 Å². The van der Waals surface area contributed by atoms with Crippen molar-refractivity contribution in [1.82, 2.24) is 9.97 Å². The standard InChI is InChI=1S/C19H18N2/c1-14(2)18-11-12-20-19(21-18)17-10-6-9-16(13-17)15-7-4-3-5-8-15/h3-14H,1-2H3. The monoisotopic (exact) mass is 274 g/mol. The van der Waals surface area contributed by atoms with Crippen LogP contribution >= 0.6 is 0 Å². The lowest BCUT2D eigenvalue weighted by Gasteiger charge is -2.08. The molecule has 0 atom stereocenters. The Bertz CT molecular complexity index is 733. The van der Waals surface area contributed by atoms with E-state index in [4.69, 9.17) is 0 Å². The number of nitrogens with zero attached hydrogens (tertiary/aromatic N) is 2. The maximum absolute atomic E-state index is 4.67. The summed E-state index contributed by atoms with van der Waals surface area (Å²) in [6.45, 7) is 4.29. The van der Waals surface area contributed by atoms with Gasteiger partial charge in [-0.05, 0) is 29.2 Å². The molecule has 3 aromatic rings. The van der Waals surface area contributed by atoms with Crippen molar-refractivity contribution in [1.29, 1.82) is 0 Å². The van der Waals surface area contributed by atoms with Crippen LogP contribution < -0.4 is 0 Å². The lowest BCUT2D eigenvalue weighted by atomic mass is 10.0. The Labute approximate surface area is 125 Å². The molecule has 0 aliphatic rings. The molecular weight excluding hydrogens is 256 g/mol. The molecule has 0 spiro atoms. The highest BCUT2D eigenvalue weighted by atomic mass is 14.9. The third kappa shape index (κ3) is 3.00.